The highest BCUT2D eigenvalue weighted by molar-refractivity contribution is 8.02. The van der Waals surface area contributed by atoms with E-state index in [0.717, 1.165) is 19.6 Å². The molecule has 5 nitrogen and oxygen atoms in total. The van der Waals surface area contributed by atoms with E-state index in [1.54, 1.807) is 23.1 Å². The van der Waals surface area contributed by atoms with Gasteiger partial charge in [0.05, 0.1) is 18.1 Å². The molecule has 0 radical (unpaired) electrons. The minimum atomic E-state index is 0.0255. The zero-order valence-electron chi connectivity index (χ0n) is 14.9. The maximum atomic E-state index is 13.1. The number of thioether (sulfide) groups is 1. The second kappa shape index (κ2) is 7.32. The average molecular weight is 387 g/mol. The van der Waals surface area contributed by atoms with Gasteiger partial charge in [0.15, 0.2) is 5.50 Å². The predicted molar refractivity (Wildman–Crippen MR) is 106 cm³/mol. The highest BCUT2D eigenvalue weighted by atomic mass is 32.2. The first kappa shape index (κ1) is 17.4. The first-order valence-electron chi connectivity index (χ1n) is 8.73. The summed E-state index contributed by atoms with van der Waals surface area (Å²) >= 11 is 3.37. The molecular weight excluding hydrogens is 364 g/mol. The zero-order valence-corrected chi connectivity index (χ0v) is 16.5. The van der Waals surface area contributed by atoms with Gasteiger partial charge >= 0.3 is 6.03 Å². The second-order valence-electron chi connectivity index (χ2n) is 6.57. The lowest BCUT2D eigenvalue weighted by Crippen LogP contribution is -2.45. The van der Waals surface area contributed by atoms with E-state index in [9.17, 15) is 4.79 Å². The quantitative estimate of drug-likeness (QED) is 0.767. The van der Waals surface area contributed by atoms with Crippen LogP contribution in [-0.2, 0) is 6.54 Å². The minimum Gasteiger partial charge on any atom is -0.340 e. The van der Waals surface area contributed by atoms with Gasteiger partial charge in [0.2, 0.25) is 0 Å². The Bertz CT molecular complexity index is 793. The largest absolute Gasteiger partial charge is 0.340 e. The van der Waals surface area contributed by atoms with E-state index in [4.69, 9.17) is 0 Å². The molecule has 0 saturated carbocycles. The second-order valence-corrected chi connectivity index (χ2v) is 8.47. The summed E-state index contributed by atoms with van der Waals surface area (Å²) in [4.78, 5) is 24.8. The molecule has 2 amide bonds. The molecule has 1 aromatic carbocycles. The summed E-state index contributed by atoms with van der Waals surface area (Å²) in [6.45, 7) is 6.53. The summed E-state index contributed by atoms with van der Waals surface area (Å²) in [7, 11) is 0. The fourth-order valence-electron chi connectivity index (χ4n) is 3.45. The molecule has 1 fully saturated rings. The first-order chi connectivity index (χ1) is 12.6. The minimum absolute atomic E-state index is 0.0255. The molecule has 0 aliphatic carbocycles. The molecule has 2 aromatic rings. The maximum absolute atomic E-state index is 13.1. The Morgan fingerprint density at radius 1 is 1.27 bits per heavy atom. The van der Waals surface area contributed by atoms with Gasteiger partial charge in [-0.15, -0.1) is 11.3 Å². The number of amides is 2. The van der Waals surface area contributed by atoms with Crippen molar-refractivity contribution in [1.29, 1.82) is 0 Å². The molecule has 26 heavy (non-hydrogen) atoms. The number of nitrogens with zero attached hydrogens (tertiary/aromatic N) is 4. The van der Waals surface area contributed by atoms with Gasteiger partial charge in [-0.05, 0) is 24.8 Å². The number of urea groups is 1. The number of thiazole rings is 1. The highest BCUT2D eigenvalue weighted by Crippen LogP contribution is 2.37. The fraction of sp³-hybridized carbons (Fsp3) is 0.368. The highest BCUT2D eigenvalue weighted by Gasteiger charge is 2.40. The molecule has 1 aromatic heterocycles. The molecule has 7 heteroatoms. The van der Waals surface area contributed by atoms with E-state index >= 15 is 0 Å². The van der Waals surface area contributed by atoms with Gasteiger partial charge in [0.25, 0.3) is 0 Å². The number of carbonyl (C=O) groups excluding carboxylic acids is 1. The van der Waals surface area contributed by atoms with Gasteiger partial charge in [-0.3, -0.25) is 9.88 Å². The van der Waals surface area contributed by atoms with Crippen molar-refractivity contribution < 1.29 is 4.79 Å². The van der Waals surface area contributed by atoms with Crippen LogP contribution in [0.2, 0.25) is 0 Å². The van der Waals surface area contributed by atoms with Crippen molar-refractivity contribution in [3.63, 3.8) is 0 Å². The number of hydrogen-bond donors (Lipinski definition) is 0. The molecule has 2 aliphatic rings. The summed E-state index contributed by atoms with van der Waals surface area (Å²) in [6, 6.07) is 10.5. The van der Waals surface area contributed by atoms with Gasteiger partial charge in [-0.2, -0.15) is 0 Å². The molecular formula is C19H22N4OS2. The Morgan fingerprint density at radius 2 is 2.08 bits per heavy atom. The number of rotatable bonds is 5. The third-order valence-corrected chi connectivity index (χ3v) is 6.97. The average Bonchev–Trinajstić information content (AvgIpc) is 3.38. The molecule has 1 saturated heterocycles. The Kier molecular flexibility index (Phi) is 4.91. The third-order valence-electron chi connectivity index (χ3n) is 4.98. The van der Waals surface area contributed by atoms with Crippen molar-refractivity contribution in [3.8, 4) is 0 Å². The Labute approximate surface area is 162 Å². The molecule has 2 aliphatic heterocycles. The van der Waals surface area contributed by atoms with Crippen LogP contribution in [0.3, 0.4) is 0 Å². The molecule has 2 atom stereocenters. The molecule has 0 spiro atoms. The number of carbonyl (C=O) groups is 1. The summed E-state index contributed by atoms with van der Waals surface area (Å²) in [5.74, 6) is 0. The van der Waals surface area contributed by atoms with E-state index in [1.165, 1.54) is 16.1 Å². The standard InChI is InChI=1S/C19H22N4OS2/c1-14-12-25-19(23(14)11-17-10-20-13-26-17)22-9-8-21(18(22)24)15(2)16-6-4-3-5-7-16/h3-7,10,12-13,15,19H,8-9,11H2,1-2H3. The van der Waals surface area contributed by atoms with Crippen LogP contribution in [0.1, 0.15) is 30.3 Å². The molecule has 4 rings (SSSR count). The normalized spacial score (nSPS) is 21.5. The molecule has 2 unspecified atom stereocenters. The zero-order chi connectivity index (χ0) is 18.1. The smallest absolute Gasteiger partial charge is 0.322 e. The summed E-state index contributed by atoms with van der Waals surface area (Å²) in [6.07, 6.45) is 1.91. The van der Waals surface area contributed by atoms with Crippen LogP contribution in [0.5, 0.6) is 0 Å². The van der Waals surface area contributed by atoms with Crippen molar-refractivity contribution in [2.45, 2.75) is 31.9 Å². The van der Waals surface area contributed by atoms with Crippen LogP contribution in [-0.4, -0.2) is 44.3 Å². The summed E-state index contributed by atoms with van der Waals surface area (Å²) in [5.41, 5.74) is 4.27. The van der Waals surface area contributed by atoms with E-state index in [1.807, 2.05) is 39.7 Å². The van der Waals surface area contributed by atoms with Gasteiger partial charge < -0.3 is 9.80 Å². The SMILES string of the molecule is CC1=CSC(N2CCN(C(C)c3ccccc3)C2=O)N1Cc1cncs1. The van der Waals surface area contributed by atoms with Crippen LogP contribution >= 0.6 is 23.1 Å². The Balaban J connectivity index is 1.49. The van der Waals surface area contributed by atoms with Gasteiger partial charge in [-0.1, -0.05) is 42.1 Å². The van der Waals surface area contributed by atoms with Crippen LogP contribution < -0.4 is 0 Å². The number of benzene rings is 1. The van der Waals surface area contributed by atoms with E-state index < -0.39 is 0 Å². The van der Waals surface area contributed by atoms with E-state index in [0.29, 0.717) is 0 Å². The monoisotopic (exact) mass is 386 g/mol. The number of hydrogen-bond acceptors (Lipinski definition) is 5. The van der Waals surface area contributed by atoms with Gasteiger partial charge in [0, 0.05) is 29.9 Å². The van der Waals surface area contributed by atoms with Crippen molar-refractivity contribution in [1.82, 2.24) is 19.7 Å². The molecule has 0 N–H and O–H groups in total. The fourth-order valence-corrected chi connectivity index (χ4v) is 5.23. The van der Waals surface area contributed by atoms with E-state index in [2.05, 4.69) is 41.3 Å². The first-order valence-corrected chi connectivity index (χ1v) is 10.6. The van der Waals surface area contributed by atoms with Crippen molar-refractivity contribution in [2.75, 3.05) is 13.1 Å². The maximum Gasteiger partial charge on any atom is 0.322 e. The number of allylic oxidation sites excluding steroid dienone is 1. The summed E-state index contributed by atoms with van der Waals surface area (Å²) in [5, 5.41) is 2.16. The predicted octanol–water partition coefficient (Wildman–Crippen LogP) is 4.34. The number of aromatic nitrogens is 1. The molecule has 136 valence electrons. The lowest BCUT2D eigenvalue weighted by atomic mass is 10.1. The van der Waals surface area contributed by atoms with Crippen LogP contribution in [0.4, 0.5) is 4.79 Å². The molecule has 3 heterocycles. The summed E-state index contributed by atoms with van der Waals surface area (Å²) < 4.78 is 0. The topological polar surface area (TPSA) is 39.7 Å². The van der Waals surface area contributed by atoms with Gasteiger partial charge in [0.1, 0.15) is 0 Å². The lowest BCUT2D eigenvalue weighted by molar-refractivity contribution is 0.145. The van der Waals surface area contributed by atoms with Gasteiger partial charge in [-0.25, -0.2) is 4.79 Å². The van der Waals surface area contributed by atoms with E-state index in [-0.39, 0.29) is 17.6 Å². The molecule has 0 bridgehead atoms. The lowest BCUT2D eigenvalue weighted by Gasteiger charge is -2.34. The van der Waals surface area contributed by atoms with Crippen LogP contribution in [0, 0.1) is 0 Å². The van der Waals surface area contributed by atoms with Crippen LogP contribution in [0.25, 0.3) is 0 Å². The van der Waals surface area contributed by atoms with Crippen molar-refractivity contribution in [3.05, 3.63) is 63.6 Å². The van der Waals surface area contributed by atoms with Crippen LogP contribution in [0.15, 0.2) is 53.1 Å². The third kappa shape index (κ3) is 3.21. The van der Waals surface area contributed by atoms with Crippen molar-refractivity contribution >= 4 is 29.1 Å². The Hall–Kier alpha value is -1.99. The van der Waals surface area contributed by atoms with Crippen molar-refractivity contribution in [2.24, 2.45) is 0 Å². The Morgan fingerprint density at radius 3 is 2.81 bits per heavy atom.